The van der Waals surface area contributed by atoms with Gasteiger partial charge in [0.25, 0.3) is 0 Å². The smallest absolute Gasteiger partial charge is 0.152 e. The third kappa shape index (κ3) is 1.20. The largest absolute Gasteiger partial charge is 0.373 e. The summed E-state index contributed by atoms with van der Waals surface area (Å²) in [6.45, 7) is 1.69. The van der Waals surface area contributed by atoms with Gasteiger partial charge in [-0.05, 0) is 18.2 Å². The van der Waals surface area contributed by atoms with Crippen molar-refractivity contribution in [2.24, 2.45) is 0 Å². The highest BCUT2D eigenvalue weighted by atomic mass is 19.1. The molecule has 0 atom stereocenters. The Morgan fingerprint density at radius 3 is 3.12 bits per heavy atom. The number of aldehydes is 1. The van der Waals surface area contributed by atoms with Gasteiger partial charge in [-0.25, -0.2) is 4.39 Å². The van der Waals surface area contributed by atoms with E-state index in [9.17, 15) is 9.18 Å². The molecular formula is C12H10FNO2. The van der Waals surface area contributed by atoms with Crippen molar-refractivity contribution in [2.75, 3.05) is 6.61 Å². The van der Waals surface area contributed by atoms with Gasteiger partial charge in [-0.1, -0.05) is 0 Å². The zero-order valence-electron chi connectivity index (χ0n) is 8.57. The fourth-order valence-electron chi connectivity index (χ4n) is 2.27. The number of hydrogen-bond donors (Lipinski definition) is 0. The summed E-state index contributed by atoms with van der Waals surface area (Å²) in [6.07, 6.45) is 0.820. The molecule has 0 unspecified atom stereocenters. The molecule has 0 saturated heterocycles. The molecule has 1 aromatic heterocycles. The Hall–Kier alpha value is -1.68. The number of hydrogen-bond acceptors (Lipinski definition) is 2. The molecule has 0 aliphatic carbocycles. The number of halogens is 1. The molecule has 1 aromatic carbocycles. The molecule has 0 N–H and O–H groups in total. The van der Waals surface area contributed by atoms with E-state index in [2.05, 4.69) is 0 Å². The summed E-state index contributed by atoms with van der Waals surface area (Å²) >= 11 is 0. The first-order valence-corrected chi connectivity index (χ1v) is 5.15. The van der Waals surface area contributed by atoms with Crippen LogP contribution in [0.1, 0.15) is 16.1 Å². The molecule has 2 heterocycles. The lowest BCUT2D eigenvalue weighted by atomic mass is 10.1. The first kappa shape index (κ1) is 9.54. The topological polar surface area (TPSA) is 31.2 Å². The molecule has 0 radical (unpaired) electrons. The van der Waals surface area contributed by atoms with Gasteiger partial charge in [0.05, 0.1) is 24.4 Å². The predicted molar refractivity (Wildman–Crippen MR) is 56.9 cm³/mol. The van der Waals surface area contributed by atoms with E-state index in [0.29, 0.717) is 25.3 Å². The molecule has 1 aliphatic heterocycles. The van der Waals surface area contributed by atoms with Crippen molar-refractivity contribution in [1.29, 1.82) is 0 Å². The molecule has 0 saturated carbocycles. The number of carbonyl (C=O) groups is 1. The Labute approximate surface area is 91.4 Å². The molecule has 3 nitrogen and oxygen atoms in total. The third-order valence-electron chi connectivity index (χ3n) is 2.99. The normalized spacial score (nSPS) is 15.1. The Kier molecular flexibility index (Phi) is 2.04. The second kappa shape index (κ2) is 3.42. The van der Waals surface area contributed by atoms with Crippen molar-refractivity contribution in [2.45, 2.75) is 13.2 Å². The van der Waals surface area contributed by atoms with E-state index in [1.807, 2.05) is 4.57 Å². The van der Waals surface area contributed by atoms with E-state index in [1.54, 1.807) is 6.07 Å². The van der Waals surface area contributed by atoms with Gasteiger partial charge in [-0.3, -0.25) is 4.79 Å². The van der Waals surface area contributed by atoms with Crippen LogP contribution in [-0.2, 0) is 17.9 Å². The van der Waals surface area contributed by atoms with Crippen molar-refractivity contribution in [3.05, 3.63) is 35.3 Å². The molecule has 0 amide bonds. The van der Waals surface area contributed by atoms with E-state index in [4.69, 9.17) is 4.74 Å². The van der Waals surface area contributed by atoms with Crippen LogP contribution < -0.4 is 0 Å². The van der Waals surface area contributed by atoms with E-state index in [1.165, 1.54) is 12.1 Å². The maximum atomic E-state index is 13.2. The summed E-state index contributed by atoms with van der Waals surface area (Å²) in [5, 5.41) is 0.803. The fraction of sp³-hybridized carbons (Fsp3) is 0.250. The van der Waals surface area contributed by atoms with Crippen molar-refractivity contribution >= 4 is 17.2 Å². The van der Waals surface area contributed by atoms with Gasteiger partial charge in [0.15, 0.2) is 6.29 Å². The first-order valence-electron chi connectivity index (χ1n) is 5.15. The van der Waals surface area contributed by atoms with Crippen LogP contribution in [0.3, 0.4) is 0 Å². The lowest BCUT2D eigenvalue weighted by molar-refractivity contribution is 0.0849. The molecule has 4 heteroatoms. The van der Waals surface area contributed by atoms with Gasteiger partial charge in [-0.2, -0.15) is 0 Å². The Morgan fingerprint density at radius 2 is 2.31 bits per heavy atom. The molecule has 1 aliphatic rings. The average molecular weight is 219 g/mol. The molecule has 82 valence electrons. The van der Waals surface area contributed by atoms with Crippen molar-refractivity contribution in [3.63, 3.8) is 0 Å². The van der Waals surface area contributed by atoms with Crippen LogP contribution >= 0.6 is 0 Å². The molecular weight excluding hydrogens is 209 g/mol. The minimum absolute atomic E-state index is 0.281. The summed E-state index contributed by atoms with van der Waals surface area (Å²) in [7, 11) is 0. The minimum Gasteiger partial charge on any atom is -0.373 e. The van der Waals surface area contributed by atoms with E-state index >= 15 is 0 Å². The molecule has 0 spiro atoms. The standard InChI is InChI=1S/C12H10FNO2/c13-8-1-2-9-10(6-15)12-7-16-4-3-14(12)11(9)5-8/h1-2,5-6H,3-4,7H2. The molecule has 0 fully saturated rings. The highest BCUT2D eigenvalue weighted by Crippen LogP contribution is 2.28. The maximum absolute atomic E-state index is 13.2. The monoisotopic (exact) mass is 219 g/mol. The molecule has 3 rings (SSSR count). The number of ether oxygens (including phenoxy) is 1. The Bertz CT molecular complexity index is 574. The van der Waals surface area contributed by atoms with E-state index in [0.717, 1.165) is 22.9 Å². The summed E-state index contributed by atoms with van der Waals surface area (Å²) in [5.74, 6) is -0.281. The third-order valence-corrected chi connectivity index (χ3v) is 2.99. The number of rotatable bonds is 1. The van der Waals surface area contributed by atoms with Crippen LogP contribution in [0.2, 0.25) is 0 Å². The highest BCUT2D eigenvalue weighted by Gasteiger charge is 2.19. The Balaban J connectivity index is 2.41. The van der Waals surface area contributed by atoms with Crippen molar-refractivity contribution in [1.82, 2.24) is 4.57 Å². The van der Waals surface area contributed by atoms with Gasteiger partial charge in [-0.15, -0.1) is 0 Å². The van der Waals surface area contributed by atoms with Crippen molar-refractivity contribution in [3.8, 4) is 0 Å². The summed E-state index contributed by atoms with van der Waals surface area (Å²) in [4.78, 5) is 11.1. The summed E-state index contributed by atoms with van der Waals surface area (Å²) < 4.78 is 20.5. The second-order valence-electron chi connectivity index (χ2n) is 3.84. The average Bonchev–Trinajstić information content (AvgIpc) is 2.62. The van der Waals surface area contributed by atoms with E-state index < -0.39 is 0 Å². The van der Waals surface area contributed by atoms with Gasteiger partial charge in [0, 0.05) is 17.5 Å². The van der Waals surface area contributed by atoms with E-state index in [-0.39, 0.29) is 5.82 Å². The van der Waals surface area contributed by atoms with Gasteiger partial charge >= 0.3 is 0 Å². The van der Waals surface area contributed by atoms with Gasteiger partial charge in [0.2, 0.25) is 0 Å². The summed E-state index contributed by atoms with van der Waals surface area (Å²) in [6, 6.07) is 4.50. The van der Waals surface area contributed by atoms with Gasteiger partial charge < -0.3 is 9.30 Å². The second-order valence-corrected chi connectivity index (χ2v) is 3.84. The van der Waals surface area contributed by atoms with Crippen LogP contribution in [0.25, 0.3) is 10.9 Å². The number of carbonyl (C=O) groups excluding carboxylic acids is 1. The predicted octanol–water partition coefficient (Wildman–Crippen LogP) is 2.12. The zero-order valence-corrected chi connectivity index (χ0v) is 8.57. The van der Waals surface area contributed by atoms with Crippen LogP contribution in [0.5, 0.6) is 0 Å². The maximum Gasteiger partial charge on any atom is 0.152 e. The number of aromatic nitrogens is 1. The number of benzene rings is 1. The van der Waals surface area contributed by atoms with Crippen LogP contribution in [0.15, 0.2) is 18.2 Å². The van der Waals surface area contributed by atoms with Crippen LogP contribution in [0.4, 0.5) is 4.39 Å². The van der Waals surface area contributed by atoms with Gasteiger partial charge in [0.1, 0.15) is 5.82 Å². The summed E-state index contributed by atoms with van der Waals surface area (Å²) in [5.41, 5.74) is 2.25. The quantitative estimate of drug-likeness (QED) is 0.688. The lowest BCUT2D eigenvalue weighted by Crippen LogP contribution is -2.16. The molecule has 16 heavy (non-hydrogen) atoms. The zero-order chi connectivity index (χ0) is 11.1. The van der Waals surface area contributed by atoms with Crippen LogP contribution in [0, 0.1) is 5.82 Å². The van der Waals surface area contributed by atoms with Crippen LogP contribution in [-0.4, -0.2) is 17.5 Å². The lowest BCUT2D eigenvalue weighted by Gasteiger charge is -2.16. The molecule has 0 bridgehead atoms. The highest BCUT2D eigenvalue weighted by molar-refractivity contribution is 5.99. The fourth-order valence-corrected chi connectivity index (χ4v) is 2.27. The number of fused-ring (bicyclic) bond motifs is 3. The minimum atomic E-state index is -0.281. The SMILES string of the molecule is O=Cc1c2n(c3cc(F)ccc13)CCOC2. The first-order chi connectivity index (χ1) is 7.81. The number of nitrogens with zero attached hydrogens (tertiary/aromatic N) is 1. The Morgan fingerprint density at radius 1 is 1.44 bits per heavy atom. The molecule has 2 aromatic rings. The van der Waals surface area contributed by atoms with Crippen molar-refractivity contribution < 1.29 is 13.9 Å².